The first-order valence-electron chi connectivity index (χ1n) is 7.40. The molecule has 0 bridgehead atoms. The van der Waals surface area contributed by atoms with Gasteiger partial charge in [0.05, 0.1) is 0 Å². The highest BCUT2D eigenvalue weighted by Gasteiger charge is 2.44. The lowest BCUT2D eigenvalue weighted by Gasteiger charge is -2.30. The highest BCUT2D eigenvalue weighted by atomic mass is 32.2. The van der Waals surface area contributed by atoms with Crippen LogP contribution in [0.15, 0.2) is 0 Å². The van der Waals surface area contributed by atoms with Gasteiger partial charge in [0, 0.05) is 6.04 Å². The van der Waals surface area contributed by atoms with E-state index >= 15 is 0 Å². The van der Waals surface area contributed by atoms with E-state index in [0.717, 1.165) is 12.0 Å². The van der Waals surface area contributed by atoms with Crippen molar-refractivity contribution < 1.29 is 26.1 Å². The van der Waals surface area contributed by atoms with Crippen LogP contribution in [0.25, 0.3) is 0 Å². The van der Waals surface area contributed by atoms with Gasteiger partial charge < -0.3 is 5.32 Å². The summed E-state index contributed by atoms with van der Waals surface area (Å²) in [6, 6.07) is 0.838. The molecule has 21 heavy (non-hydrogen) atoms. The monoisotopic (exact) mass is 333 g/mol. The fraction of sp³-hybridized carbons (Fsp3) is 1.00. The summed E-state index contributed by atoms with van der Waals surface area (Å²) in [7, 11) is -5.84. The van der Waals surface area contributed by atoms with Gasteiger partial charge in [-0.2, -0.15) is 21.6 Å². The molecule has 1 saturated heterocycles. The largest absolute Gasteiger partial charge is 0.522 e. The number of unbranched alkanes of at least 4 members (excludes halogenated alkanes) is 1. The van der Waals surface area contributed by atoms with E-state index in [1.165, 1.54) is 51.5 Å². The molecule has 1 fully saturated rings. The summed E-state index contributed by atoms with van der Waals surface area (Å²) in [4.78, 5) is 0. The first-order valence-corrected chi connectivity index (χ1v) is 8.84. The summed E-state index contributed by atoms with van der Waals surface area (Å²) in [6.45, 7) is 5.89. The fourth-order valence-electron chi connectivity index (χ4n) is 2.44. The Bertz CT molecular complexity index is 365. The van der Waals surface area contributed by atoms with Crippen LogP contribution in [0.2, 0.25) is 0 Å². The maximum absolute atomic E-state index is 10.7. The molecule has 2 atom stereocenters. The van der Waals surface area contributed by atoms with Crippen molar-refractivity contribution in [1.29, 1.82) is 0 Å². The maximum atomic E-state index is 10.7. The molecule has 128 valence electrons. The smallest absolute Gasteiger partial charge is 0.314 e. The minimum Gasteiger partial charge on any atom is -0.314 e. The highest BCUT2D eigenvalue weighted by molar-refractivity contribution is 7.86. The van der Waals surface area contributed by atoms with Crippen LogP contribution in [-0.2, 0) is 10.1 Å². The van der Waals surface area contributed by atoms with Gasteiger partial charge >= 0.3 is 15.6 Å². The first kappa shape index (κ1) is 20.7. The second-order valence-electron chi connectivity index (χ2n) is 5.29. The van der Waals surface area contributed by atoms with Gasteiger partial charge in [0.25, 0.3) is 0 Å². The van der Waals surface area contributed by atoms with Crippen LogP contribution in [-0.4, -0.2) is 31.1 Å². The lowest BCUT2D eigenvalue weighted by molar-refractivity contribution is -0.0510. The Hall–Kier alpha value is -0.340. The molecule has 0 aromatic carbocycles. The molecule has 1 heterocycles. The molecule has 8 heteroatoms. The Morgan fingerprint density at radius 2 is 1.86 bits per heavy atom. The van der Waals surface area contributed by atoms with Gasteiger partial charge in [-0.15, -0.1) is 0 Å². The van der Waals surface area contributed by atoms with Crippen molar-refractivity contribution in [3.63, 3.8) is 0 Å². The molecular weight excluding hydrogens is 307 g/mol. The van der Waals surface area contributed by atoms with Gasteiger partial charge in [-0.25, -0.2) is 0 Å². The van der Waals surface area contributed by atoms with Gasteiger partial charge in [-0.1, -0.05) is 39.5 Å². The van der Waals surface area contributed by atoms with Gasteiger partial charge in [-0.3, -0.25) is 4.55 Å². The molecule has 1 aliphatic rings. The van der Waals surface area contributed by atoms with E-state index in [1.807, 2.05) is 0 Å². The van der Waals surface area contributed by atoms with E-state index in [0.29, 0.717) is 0 Å². The van der Waals surface area contributed by atoms with Gasteiger partial charge in [0.15, 0.2) is 0 Å². The van der Waals surface area contributed by atoms with E-state index in [-0.39, 0.29) is 0 Å². The number of alkyl halides is 3. The van der Waals surface area contributed by atoms with Crippen molar-refractivity contribution in [2.75, 3.05) is 6.54 Å². The van der Waals surface area contributed by atoms with Crippen molar-refractivity contribution in [3.8, 4) is 0 Å². The summed E-state index contributed by atoms with van der Waals surface area (Å²) >= 11 is 0. The van der Waals surface area contributed by atoms with E-state index < -0.39 is 15.6 Å². The van der Waals surface area contributed by atoms with E-state index in [1.54, 1.807) is 0 Å². The Morgan fingerprint density at radius 3 is 2.19 bits per heavy atom. The van der Waals surface area contributed by atoms with Crippen molar-refractivity contribution in [2.24, 2.45) is 5.92 Å². The summed E-state index contributed by atoms with van der Waals surface area (Å²) < 4.78 is 57.5. The second kappa shape index (κ2) is 9.63. The van der Waals surface area contributed by atoms with Crippen LogP contribution in [0, 0.1) is 5.92 Å². The molecule has 1 aliphatic heterocycles. The van der Waals surface area contributed by atoms with Crippen LogP contribution in [0.1, 0.15) is 58.8 Å². The summed E-state index contributed by atoms with van der Waals surface area (Å²) in [5.74, 6) is 0.945. The van der Waals surface area contributed by atoms with E-state index in [4.69, 9.17) is 13.0 Å². The lowest BCUT2D eigenvalue weighted by Crippen LogP contribution is -2.39. The molecule has 4 nitrogen and oxygen atoms in total. The summed E-state index contributed by atoms with van der Waals surface area (Å²) in [5.41, 5.74) is -5.53. The minimum absolute atomic E-state index is 0.838. The van der Waals surface area contributed by atoms with Crippen LogP contribution in [0.3, 0.4) is 0 Å². The third-order valence-electron chi connectivity index (χ3n) is 3.66. The van der Waals surface area contributed by atoms with Gasteiger partial charge in [0.1, 0.15) is 0 Å². The van der Waals surface area contributed by atoms with Crippen molar-refractivity contribution in [3.05, 3.63) is 0 Å². The minimum atomic E-state index is -5.84. The lowest BCUT2D eigenvalue weighted by atomic mass is 9.86. The van der Waals surface area contributed by atoms with E-state index in [9.17, 15) is 13.2 Å². The molecule has 0 aromatic rings. The van der Waals surface area contributed by atoms with Crippen molar-refractivity contribution in [1.82, 2.24) is 5.32 Å². The molecule has 0 amide bonds. The summed E-state index contributed by atoms with van der Waals surface area (Å²) in [6.07, 6.45) is 9.81. The predicted molar refractivity (Wildman–Crippen MR) is 76.6 cm³/mol. The Morgan fingerprint density at radius 1 is 1.29 bits per heavy atom. The first-order chi connectivity index (χ1) is 9.63. The van der Waals surface area contributed by atoms with Crippen LogP contribution >= 0.6 is 0 Å². The normalized spacial score (nSPS) is 21.3. The Labute approximate surface area is 125 Å². The second-order valence-corrected chi connectivity index (χ2v) is 6.70. The zero-order valence-electron chi connectivity index (χ0n) is 12.6. The Kier molecular flexibility index (Phi) is 9.48. The third kappa shape index (κ3) is 8.63. The zero-order chi connectivity index (χ0) is 16.5. The van der Waals surface area contributed by atoms with Crippen LogP contribution in [0.5, 0.6) is 0 Å². The van der Waals surface area contributed by atoms with Crippen LogP contribution in [0.4, 0.5) is 13.2 Å². The fourth-order valence-corrected chi connectivity index (χ4v) is 2.44. The topological polar surface area (TPSA) is 66.4 Å². The molecule has 0 aromatic heterocycles. The number of rotatable bonds is 5. The molecule has 0 aliphatic carbocycles. The number of piperidine rings is 1. The third-order valence-corrected chi connectivity index (χ3v) is 4.25. The maximum Gasteiger partial charge on any atom is 0.522 e. The molecule has 0 saturated carbocycles. The molecule has 0 radical (unpaired) electrons. The van der Waals surface area contributed by atoms with Crippen molar-refractivity contribution in [2.45, 2.75) is 70.3 Å². The molecule has 2 N–H and O–H groups in total. The standard InChI is InChI=1S/C12H25N.CHF3O3S/c1-3-5-8-11(4-2)12-9-6-7-10-13-12;2-1(3,4)8(5,6)7/h11-13H,3-10H2,1-2H3;(H,5,6,7). The van der Waals surface area contributed by atoms with Gasteiger partial charge in [-0.05, 0) is 31.7 Å². The average molecular weight is 333 g/mol. The highest BCUT2D eigenvalue weighted by Crippen LogP contribution is 2.23. The number of halogens is 3. The predicted octanol–water partition coefficient (Wildman–Crippen LogP) is 3.74. The SMILES string of the molecule is CCCCC(CC)C1CCCCN1.O=S(=O)(O)C(F)(F)F. The van der Waals surface area contributed by atoms with Crippen LogP contribution < -0.4 is 5.32 Å². The zero-order valence-corrected chi connectivity index (χ0v) is 13.4. The van der Waals surface area contributed by atoms with Gasteiger partial charge in [0.2, 0.25) is 0 Å². The number of hydrogen-bond donors (Lipinski definition) is 2. The number of hydrogen-bond acceptors (Lipinski definition) is 3. The molecule has 2 unspecified atom stereocenters. The number of nitrogens with one attached hydrogen (secondary N) is 1. The summed E-state index contributed by atoms with van der Waals surface area (Å²) in [5, 5.41) is 3.68. The molecule has 0 spiro atoms. The Balaban J connectivity index is 0.000000433. The molecular formula is C13H26F3NO3S. The average Bonchev–Trinajstić information content (AvgIpc) is 2.39. The molecule has 1 rings (SSSR count). The van der Waals surface area contributed by atoms with Crippen molar-refractivity contribution >= 4 is 10.1 Å². The quantitative estimate of drug-likeness (QED) is 0.594. The van der Waals surface area contributed by atoms with E-state index in [2.05, 4.69) is 19.2 Å².